The number of hydrogen-bond donors (Lipinski definition) is 1. The van der Waals surface area contributed by atoms with Gasteiger partial charge in [-0.3, -0.25) is 0 Å². The third kappa shape index (κ3) is 2.15. The zero-order valence-corrected chi connectivity index (χ0v) is 9.71. The van der Waals surface area contributed by atoms with Gasteiger partial charge in [0.2, 0.25) is 5.88 Å². The molecule has 3 rings (SSSR count). The lowest BCUT2D eigenvalue weighted by atomic mass is 10.2. The van der Waals surface area contributed by atoms with Crippen molar-refractivity contribution in [1.29, 1.82) is 0 Å². The molecular formula is C13H12N4O. The maximum absolute atomic E-state index is 5.66. The van der Waals surface area contributed by atoms with Crippen LogP contribution in [0, 0.1) is 0 Å². The van der Waals surface area contributed by atoms with E-state index >= 15 is 0 Å². The van der Waals surface area contributed by atoms with Gasteiger partial charge in [-0.15, -0.1) is 0 Å². The first-order valence-corrected chi connectivity index (χ1v) is 5.74. The van der Waals surface area contributed by atoms with Crippen molar-refractivity contribution in [2.75, 3.05) is 6.61 Å². The molecule has 0 fully saturated rings. The normalized spacial score (nSPS) is 10.7. The molecule has 0 saturated carbocycles. The van der Waals surface area contributed by atoms with Crippen molar-refractivity contribution in [2.45, 2.75) is 6.42 Å². The van der Waals surface area contributed by atoms with Gasteiger partial charge in [-0.2, -0.15) is 4.98 Å². The quantitative estimate of drug-likeness (QED) is 0.757. The predicted octanol–water partition coefficient (Wildman–Crippen LogP) is 1.97. The fourth-order valence-electron chi connectivity index (χ4n) is 1.76. The summed E-state index contributed by atoms with van der Waals surface area (Å²) in [5.41, 5.74) is 2.61. The summed E-state index contributed by atoms with van der Waals surface area (Å²) in [4.78, 5) is 15.2. The highest BCUT2D eigenvalue weighted by atomic mass is 16.5. The summed E-state index contributed by atoms with van der Waals surface area (Å²) >= 11 is 0. The zero-order chi connectivity index (χ0) is 12.2. The first-order valence-electron chi connectivity index (χ1n) is 5.74. The van der Waals surface area contributed by atoms with Crippen molar-refractivity contribution in [2.24, 2.45) is 0 Å². The lowest BCUT2D eigenvalue weighted by Gasteiger charge is -2.05. The number of hydrogen-bond acceptors (Lipinski definition) is 4. The Morgan fingerprint density at radius 1 is 1.06 bits per heavy atom. The Morgan fingerprint density at radius 2 is 1.94 bits per heavy atom. The molecule has 3 aromatic rings. The molecule has 90 valence electrons. The topological polar surface area (TPSA) is 63.7 Å². The van der Waals surface area contributed by atoms with Gasteiger partial charge in [-0.05, 0) is 5.56 Å². The minimum atomic E-state index is 0.549. The van der Waals surface area contributed by atoms with Crippen LogP contribution in [0.3, 0.4) is 0 Å². The fraction of sp³-hybridized carbons (Fsp3) is 0.154. The molecule has 0 aliphatic rings. The lowest BCUT2D eigenvalue weighted by molar-refractivity contribution is 0.312. The van der Waals surface area contributed by atoms with Crippen LogP contribution in [-0.2, 0) is 6.42 Å². The van der Waals surface area contributed by atoms with Crippen LogP contribution < -0.4 is 4.74 Å². The summed E-state index contributed by atoms with van der Waals surface area (Å²) in [6.45, 7) is 0.579. The number of nitrogens with one attached hydrogen (secondary N) is 1. The Hall–Kier alpha value is -2.43. The minimum Gasteiger partial charge on any atom is -0.476 e. The second kappa shape index (κ2) is 4.83. The van der Waals surface area contributed by atoms with E-state index < -0.39 is 0 Å². The molecule has 0 saturated heterocycles. The number of H-pyrrole nitrogens is 1. The van der Waals surface area contributed by atoms with Gasteiger partial charge in [0.25, 0.3) is 0 Å². The van der Waals surface area contributed by atoms with Crippen LogP contribution in [0.1, 0.15) is 5.56 Å². The van der Waals surface area contributed by atoms with Crippen LogP contribution in [0.4, 0.5) is 0 Å². The molecule has 1 N–H and O–H groups in total. The number of benzene rings is 1. The third-order valence-corrected chi connectivity index (χ3v) is 2.66. The van der Waals surface area contributed by atoms with Crippen molar-refractivity contribution in [3.05, 3.63) is 48.5 Å². The van der Waals surface area contributed by atoms with Crippen molar-refractivity contribution in [1.82, 2.24) is 19.9 Å². The van der Waals surface area contributed by atoms with E-state index in [9.17, 15) is 0 Å². The van der Waals surface area contributed by atoms with Gasteiger partial charge >= 0.3 is 0 Å². The van der Waals surface area contributed by atoms with Gasteiger partial charge in [0, 0.05) is 6.42 Å². The Balaban J connectivity index is 1.68. The highest BCUT2D eigenvalue weighted by Gasteiger charge is 2.06. The summed E-state index contributed by atoms with van der Waals surface area (Å²) < 4.78 is 5.66. The van der Waals surface area contributed by atoms with E-state index in [-0.39, 0.29) is 0 Å². The van der Waals surface area contributed by atoms with Crippen LogP contribution >= 0.6 is 0 Å². The van der Waals surface area contributed by atoms with Gasteiger partial charge in [0.15, 0.2) is 5.65 Å². The second-order valence-electron chi connectivity index (χ2n) is 3.86. The van der Waals surface area contributed by atoms with Gasteiger partial charge < -0.3 is 9.72 Å². The number of nitrogens with zero attached hydrogens (tertiary/aromatic N) is 3. The summed E-state index contributed by atoms with van der Waals surface area (Å²) in [7, 11) is 0. The smallest absolute Gasteiger partial charge is 0.243 e. The number of fused-ring (bicyclic) bond motifs is 1. The molecule has 18 heavy (non-hydrogen) atoms. The van der Waals surface area contributed by atoms with E-state index in [1.165, 1.54) is 11.9 Å². The summed E-state index contributed by atoms with van der Waals surface area (Å²) in [6.07, 6.45) is 3.89. The molecule has 0 atom stereocenters. The molecule has 0 amide bonds. The highest BCUT2D eigenvalue weighted by molar-refractivity contribution is 5.74. The summed E-state index contributed by atoms with van der Waals surface area (Å²) in [5.74, 6) is 0.549. The molecule has 2 heterocycles. The van der Waals surface area contributed by atoms with E-state index in [4.69, 9.17) is 4.74 Å². The number of imidazole rings is 1. The van der Waals surface area contributed by atoms with Crippen molar-refractivity contribution in [3.63, 3.8) is 0 Å². The monoisotopic (exact) mass is 240 g/mol. The van der Waals surface area contributed by atoms with Crippen LogP contribution in [0.25, 0.3) is 11.2 Å². The molecule has 1 aromatic carbocycles. The Labute approximate surface area is 104 Å². The molecule has 0 aliphatic heterocycles. The van der Waals surface area contributed by atoms with E-state index in [1.54, 1.807) is 6.33 Å². The van der Waals surface area contributed by atoms with E-state index in [0.29, 0.717) is 18.1 Å². The maximum Gasteiger partial charge on any atom is 0.243 e. The molecule has 5 heteroatoms. The minimum absolute atomic E-state index is 0.549. The van der Waals surface area contributed by atoms with Crippen molar-refractivity contribution >= 4 is 11.2 Å². The van der Waals surface area contributed by atoms with Crippen molar-refractivity contribution in [3.8, 4) is 5.88 Å². The molecule has 0 bridgehead atoms. The Kier molecular flexibility index (Phi) is 2.87. The zero-order valence-electron chi connectivity index (χ0n) is 9.71. The molecule has 0 aliphatic carbocycles. The molecule has 0 unspecified atom stereocenters. The maximum atomic E-state index is 5.66. The predicted molar refractivity (Wildman–Crippen MR) is 67.3 cm³/mol. The van der Waals surface area contributed by atoms with Gasteiger partial charge in [-0.25, -0.2) is 9.97 Å². The Bertz CT molecular complexity index is 636. The summed E-state index contributed by atoms with van der Waals surface area (Å²) in [5, 5.41) is 0. The average molecular weight is 240 g/mol. The van der Waals surface area contributed by atoms with Crippen LogP contribution in [0.15, 0.2) is 43.0 Å². The molecule has 0 spiro atoms. The van der Waals surface area contributed by atoms with E-state index in [2.05, 4.69) is 32.1 Å². The van der Waals surface area contributed by atoms with Gasteiger partial charge in [0.1, 0.15) is 11.8 Å². The summed E-state index contributed by atoms with van der Waals surface area (Å²) in [6, 6.07) is 10.2. The van der Waals surface area contributed by atoms with Gasteiger partial charge in [-0.1, -0.05) is 30.3 Å². The van der Waals surface area contributed by atoms with E-state index in [0.717, 1.165) is 11.9 Å². The first kappa shape index (κ1) is 10.7. The second-order valence-corrected chi connectivity index (χ2v) is 3.86. The number of aromatic nitrogens is 4. The van der Waals surface area contributed by atoms with Crippen molar-refractivity contribution < 1.29 is 4.74 Å². The standard InChI is InChI=1S/C13H12N4O/c1-2-4-10(5-3-1)6-7-18-13-11-12(15-8-14-11)16-9-17-13/h1-5,8-9H,6-7H2,(H,14,15,16,17). The average Bonchev–Trinajstić information content (AvgIpc) is 2.89. The largest absolute Gasteiger partial charge is 0.476 e. The molecule has 2 aromatic heterocycles. The SMILES string of the molecule is c1ccc(CCOc2ncnc3nc[nH]c23)cc1. The number of aromatic amines is 1. The number of ether oxygens (including phenoxy) is 1. The van der Waals surface area contributed by atoms with E-state index in [1.807, 2.05) is 18.2 Å². The number of rotatable bonds is 4. The Morgan fingerprint density at radius 3 is 2.83 bits per heavy atom. The van der Waals surface area contributed by atoms with Crippen LogP contribution in [0.2, 0.25) is 0 Å². The van der Waals surface area contributed by atoms with Crippen LogP contribution in [0.5, 0.6) is 5.88 Å². The lowest BCUT2D eigenvalue weighted by Crippen LogP contribution is -2.03. The molecular weight excluding hydrogens is 228 g/mol. The highest BCUT2D eigenvalue weighted by Crippen LogP contribution is 2.16. The van der Waals surface area contributed by atoms with Gasteiger partial charge in [0.05, 0.1) is 12.9 Å². The van der Waals surface area contributed by atoms with Crippen LogP contribution in [-0.4, -0.2) is 26.5 Å². The third-order valence-electron chi connectivity index (χ3n) is 2.66. The first-order chi connectivity index (χ1) is 8.93. The fourth-order valence-corrected chi connectivity index (χ4v) is 1.76. The molecule has 0 radical (unpaired) electrons. The molecule has 5 nitrogen and oxygen atoms in total.